The van der Waals surface area contributed by atoms with Gasteiger partial charge in [0, 0.05) is 17.1 Å². The van der Waals surface area contributed by atoms with Crippen molar-refractivity contribution in [3.63, 3.8) is 0 Å². The largest absolute Gasteiger partial charge is 0.365 e. The first-order chi connectivity index (χ1) is 11.0. The highest BCUT2D eigenvalue weighted by Gasteiger charge is 2.11. The van der Waals surface area contributed by atoms with Crippen LogP contribution in [0.5, 0.6) is 0 Å². The van der Waals surface area contributed by atoms with Crippen molar-refractivity contribution >= 4 is 39.1 Å². The average Bonchev–Trinajstić information content (AvgIpc) is 2.81. The summed E-state index contributed by atoms with van der Waals surface area (Å²) in [6.07, 6.45) is 1.58. The van der Waals surface area contributed by atoms with E-state index in [-0.39, 0.29) is 0 Å². The molecule has 7 heteroatoms. The van der Waals surface area contributed by atoms with E-state index in [0.29, 0.717) is 12.2 Å². The SMILES string of the molecule is Cc1sc2ncnc(NCc3ccc(NC(N)=O)cc3)c2c1C. The third-order valence-electron chi connectivity index (χ3n) is 3.65. The Kier molecular flexibility index (Phi) is 4.12. The minimum atomic E-state index is -0.567. The zero-order valence-electron chi connectivity index (χ0n) is 12.9. The van der Waals surface area contributed by atoms with Crippen molar-refractivity contribution in [2.75, 3.05) is 10.6 Å². The molecule has 0 saturated heterocycles. The maximum absolute atomic E-state index is 10.8. The van der Waals surface area contributed by atoms with Gasteiger partial charge < -0.3 is 16.4 Å². The highest BCUT2D eigenvalue weighted by Crippen LogP contribution is 2.32. The number of amides is 2. The molecule has 0 atom stereocenters. The fourth-order valence-corrected chi connectivity index (χ4v) is 3.35. The Labute approximate surface area is 137 Å². The summed E-state index contributed by atoms with van der Waals surface area (Å²) in [4.78, 5) is 21.8. The van der Waals surface area contributed by atoms with Crippen LogP contribution < -0.4 is 16.4 Å². The predicted octanol–water partition coefficient (Wildman–Crippen LogP) is 3.41. The quantitative estimate of drug-likeness (QED) is 0.684. The molecule has 0 bridgehead atoms. The van der Waals surface area contributed by atoms with Crippen LogP contribution in [0.25, 0.3) is 10.2 Å². The molecule has 3 rings (SSSR count). The molecule has 2 heterocycles. The summed E-state index contributed by atoms with van der Waals surface area (Å²) in [5.41, 5.74) is 8.06. The number of carbonyl (C=O) groups is 1. The number of hydrogen-bond acceptors (Lipinski definition) is 5. The molecule has 2 aromatic heterocycles. The van der Waals surface area contributed by atoms with Crippen molar-refractivity contribution in [1.29, 1.82) is 0 Å². The molecule has 4 N–H and O–H groups in total. The third kappa shape index (κ3) is 3.24. The van der Waals surface area contributed by atoms with Crippen LogP contribution in [0.15, 0.2) is 30.6 Å². The third-order valence-corrected chi connectivity index (χ3v) is 4.76. The summed E-state index contributed by atoms with van der Waals surface area (Å²) in [5, 5.41) is 6.99. The van der Waals surface area contributed by atoms with E-state index in [1.165, 1.54) is 10.4 Å². The van der Waals surface area contributed by atoms with Gasteiger partial charge in [-0.3, -0.25) is 0 Å². The van der Waals surface area contributed by atoms with Crippen molar-refractivity contribution in [1.82, 2.24) is 9.97 Å². The zero-order chi connectivity index (χ0) is 16.4. The second-order valence-electron chi connectivity index (χ2n) is 5.23. The number of aryl methyl sites for hydroxylation is 2. The van der Waals surface area contributed by atoms with E-state index >= 15 is 0 Å². The molecule has 118 valence electrons. The molecule has 1 aromatic carbocycles. The van der Waals surface area contributed by atoms with Crippen LogP contribution in [0.4, 0.5) is 16.3 Å². The lowest BCUT2D eigenvalue weighted by Crippen LogP contribution is -2.19. The minimum absolute atomic E-state index is 0.567. The molecule has 0 aliphatic rings. The lowest BCUT2D eigenvalue weighted by atomic mass is 10.2. The molecule has 0 fully saturated rings. The Hall–Kier alpha value is -2.67. The molecule has 0 spiro atoms. The van der Waals surface area contributed by atoms with Crippen molar-refractivity contribution in [2.45, 2.75) is 20.4 Å². The number of thiophene rings is 1. The lowest BCUT2D eigenvalue weighted by molar-refractivity contribution is 0.259. The van der Waals surface area contributed by atoms with Crippen LogP contribution >= 0.6 is 11.3 Å². The van der Waals surface area contributed by atoms with E-state index < -0.39 is 6.03 Å². The Morgan fingerprint density at radius 1 is 1.22 bits per heavy atom. The molecule has 6 nitrogen and oxygen atoms in total. The topological polar surface area (TPSA) is 92.9 Å². The fraction of sp³-hybridized carbons (Fsp3) is 0.188. The number of carbonyl (C=O) groups excluding carboxylic acids is 1. The number of primary amides is 1. The van der Waals surface area contributed by atoms with Gasteiger partial charge in [0.25, 0.3) is 0 Å². The molecule has 23 heavy (non-hydrogen) atoms. The number of aromatic nitrogens is 2. The Balaban J connectivity index is 1.77. The number of nitrogens with two attached hydrogens (primary N) is 1. The minimum Gasteiger partial charge on any atom is -0.365 e. The van der Waals surface area contributed by atoms with Crippen LogP contribution in [0.3, 0.4) is 0 Å². The Bertz CT molecular complexity index is 857. The zero-order valence-corrected chi connectivity index (χ0v) is 13.7. The fourth-order valence-electron chi connectivity index (χ4n) is 2.35. The number of anilines is 2. The van der Waals surface area contributed by atoms with Crippen LogP contribution in [-0.2, 0) is 6.54 Å². The standard InChI is InChI=1S/C16H17N5OS/c1-9-10(2)23-15-13(9)14(19-8-20-15)18-7-11-3-5-12(6-4-11)21-16(17)22/h3-6,8H,7H2,1-2H3,(H3,17,21,22)(H,18,19,20). The first-order valence-corrected chi connectivity index (χ1v) is 7.96. The second kappa shape index (κ2) is 6.21. The lowest BCUT2D eigenvalue weighted by Gasteiger charge is -2.08. The maximum atomic E-state index is 10.8. The van der Waals surface area contributed by atoms with E-state index in [4.69, 9.17) is 5.73 Å². The Morgan fingerprint density at radius 2 is 1.96 bits per heavy atom. The molecular weight excluding hydrogens is 310 g/mol. The summed E-state index contributed by atoms with van der Waals surface area (Å²) in [6, 6.07) is 6.93. The average molecular weight is 327 g/mol. The van der Waals surface area contributed by atoms with E-state index in [0.717, 1.165) is 21.6 Å². The smallest absolute Gasteiger partial charge is 0.316 e. The van der Waals surface area contributed by atoms with Crippen LogP contribution in [-0.4, -0.2) is 16.0 Å². The molecule has 0 aliphatic heterocycles. The van der Waals surface area contributed by atoms with Gasteiger partial charge in [-0.25, -0.2) is 14.8 Å². The van der Waals surface area contributed by atoms with Crippen LogP contribution in [0.1, 0.15) is 16.0 Å². The predicted molar refractivity (Wildman–Crippen MR) is 93.9 cm³/mol. The normalized spacial score (nSPS) is 10.7. The summed E-state index contributed by atoms with van der Waals surface area (Å²) < 4.78 is 0. The first kappa shape index (κ1) is 15.2. The molecule has 0 aliphatic carbocycles. The number of fused-ring (bicyclic) bond motifs is 1. The van der Waals surface area contributed by atoms with Crippen molar-refractivity contribution in [3.8, 4) is 0 Å². The maximum Gasteiger partial charge on any atom is 0.316 e. The van der Waals surface area contributed by atoms with Crippen LogP contribution in [0, 0.1) is 13.8 Å². The Morgan fingerprint density at radius 3 is 2.65 bits per heavy atom. The summed E-state index contributed by atoms with van der Waals surface area (Å²) in [7, 11) is 0. The molecule has 0 unspecified atom stereocenters. The van der Waals surface area contributed by atoms with Gasteiger partial charge >= 0.3 is 6.03 Å². The molecular formula is C16H17N5OS. The number of benzene rings is 1. The molecule has 0 saturated carbocycles. The number of hydrogen-bond donors (Lipinski definition) is 3. The van der Waals surface area contributed by atoms with E-state index in [9.17, 15) is 4.79 Å². The monoisotopic (exact) mass is 327 g/mol. The van der Waals surface area contributed by atoms with E-state index in [2.05, 4.69) is 34.4 Å². The van der Waals surface area contributed by atoms with Gasteiger partial charge in [-0.2, -0.15) is 0 Å². The van der Waals surface area contributed by atoms with Crippen LogP contribution in [0.2, 0.25) is 0 Å². The van der Waals surface area contributed by atoms with E-state index in [1.807, 2.05) is 24.3 Å². The van der Waals surface area contributed by atoms with Crippen molar-refractivity contribution in [2.24, 2.45) is 5.73 Å². The highest BCUT2D eigenvalue weighted by molar-refractivity contribution is 7.18. The van der Waals surface area contributed by atoms with Gasteiger partial charge in [-0.1, -0.05) is 12.1 Å². The molecule has 0 radical (unpaired) electrons. The number of nitrogens with one attached hydrogen (secondary N) is 2. The summed E-state index contributed by atoms with van der Waals surface area (Å²) in [6.45, 7) is 4.82. The summed E-state index contributed by atoms with van der Waals surface area (Å²) >= 11 is 1.68. The molecule has 2 amide bonds. The van der Waals surface area contributed by atoms with Gasteiger partial charge in [0.15, 0.2) is 0 Å². The second-order valence-corrected chi connectivity index (χ2v) is 6.43. The van der Waals surface area contributed by atoms with Gasteiger partial charge in [0.05, 0.1) is 5.39 Å². The summed E-state index contributed by atoms with van der Waals surface area (Å²) in [5.74, 6) is 0.844. The van der Waals surface area contributed by atoms with Crippen molar-refractivity contribution in [3.05, 3.63) is 46.6 Å². The number of rotatable bonds is 4. The van der Waals surface area contributed by atoms with Gasteiger partial charge in [-0.05, 0) is 37.1 Å². The number of urea groups is 1. The highest BCUT2D eigenvalue weighted by atomic mass is 32.1. The van der Waals surface area contributed by atoms with Gasteiger partial charge in [0.2, 0.25) is 0 Å². The van der Waals surface area contributed by atoms with Crippen molar-refractivity contribution < 1.29 is 4.79 Å². The first-order valence-electron chi connectivity index (χ1n) is 7.14. The van der Waals surface area contributed by atoms with Gasteiger partial charge in [-0.15, -0.1) is 11.3 Å². The van der Waals surface area contributed by atoms with Gasteiger partial charge in [0.1, 0.15) is 17.0 Å². The number of nitrogens with zero attached hydrogens (tertiary/aromatic N) is 2. The molecule has 3 aromatic rings. The van der Waals surface area contributed by atoms with E-state index in [1.54, 1.807) is 17.7 Å².